The molecule has 0 bridgehead atoms. The summed E-state index contributed by atoms with van der Waals surface area (Å²) >= 11 is 0. The molecular formula is C10H20N2O4. The van der Waals surface area contributed by atoms with E-state index in [-0.39, 0.29) is 6.04 Å². The first kappa shape index (κ1) is 14.5. The molecule has 16 heavy (non-hydrogen) atoms. The van der Waals surface area contributed by atoms with Crippen LogP contribution in [0.5, 0.6) is 0 Å². The standard InChI is InChI=1S/C10H20N2O4/c1-7(12-8(13)14)5-6-11-9(15)16-10(2,3)4/h7,12H,5-6H2,1-4H3,(H,11,15)(H,13,14). The molecule has 0 radical (unpaired) electrons. The minimum absolute atomic E-state index is 0.201. The molecule has 2 amide bonds. The quantitative estimate of drug-likeness (QED) is 0.686. The van der Waals surface area contributed by atoms with Gasteiger partial charge in [-0.3, -0.25) is 0 Å². The van der Waals surface area contributed by atoms with Crippen LogP contribution in [0.4, 0.5) is 9.59 Å². The van der Waals surface area contributed by atoms with Crippen molar-refractivity contribution in [3.63, 3.8) is 0 Å². The monoisotopic (exact) mass is 232 g/mol. The SMILES string of the molecule is CC(CCNC(=O)OC(C)(C)C)NC(=O)O. The first-order valence-corrected chi connectivity index (χ1v) is 5.17. The van der Waals surface area contributed by atoms with E-state index in [0.717, 1.165) is 0 Å². The fourth-order valence-corrected chi connectivity index (χ4v) is 0.988. The summed E-state index contributed by atoms with van der Waals surface area (Å²) in [5, 5.41) is 13.3. The van der Waals surface area contributed by atoms with E-state index in [1.165, 1.54) is 0 Å². The van der Waals surface area contributed by atoms with Crippen molar-refractivity contribution in [2.75, 3.05) is 6.54 Å². The molecule has 6 heteroatoms. The minimum atomic E-state index is -1.07. The fraction of sp³-hybridized carbons (Fsp3) is 0.800. The maximum Gasteiger partial charge on any atom is 0.407 e. The van der Waals surface area contributed by atoms with E-state index in [0.29, 0.717) is 13.0 Å². The first-order valence-electron chi connectivity index (χ1n) is 5.17. The van der Waals surface area contributed by atoms with Gasteiger partial charge in [0.05, 0.1) is 0 Å². The Morgan fingerprint density at radius 3 is 2.38 bits per heavy atom. The van der Waals surface area contributed by atoms with E-state index in [1.807, 2.05) is 0 Å². The maximum atomic E-state index is 11.2. The van der Waals surface area contributed by atoms with Crippen LogP contribution in [-0.2, 0) is 4.74 Å². The van der Waals surface area contributed by atoms with Crippen LogP contribution in [0.2, 0.25) is 0 Å². The number of ether oxygens (including phenoxy) is 1. The summed E-state index contributed by atoms with van der Waals surface area (Å²) < 4.78 is 5.01. The Bertz CT molecular complexity index is 248. The summed E-state index contributed by atoms with van der Waals surface area (Å²) in [7, 11) is 0. The summed E-state index contributed by atoms with van der Waals surface area (Å²) in [5.74, 6) is 0. The number of carboxylic acid groups (broad SMARTS) is 1. The zero-order chi connectivity index (χ0) is 12.8. The smallest absolute Gasteiger partial charge is 0.407 e. The van der Waals surface area contributed by atoms with E-state index in [2.05, 4.69) is 10.6 Å². The molecule has 6 nitrogen and oxygen atoms in total. The maximum absolute atomic E-state index is 11.2. The van der Waals surface area contributed by atoms with Crippen LogP contribution in [0.1, 0.15) is 34.1 Å². The number of carbonyl (C=O) groups excluding carboxylic acids is 1. The molecule has 0 rings (SSSR count). The molecule has 1 atom stereocenters. The van der Waals surface area contributed by atoms with Gasteiger partial charge in [-0.1, -0.05) is 0 Å². The molecule has 0 aliphatic carbocycles. The average Bonchev–Trinajstić information content (AvgIpc) is 1.98. The van der Waals surface area contributed by atoms with Crippen LogP contribution in [-0.4, -0.2) is 35.5 Å². The second kappa shape index (κ2) is 6.19. The highest BCUT2D eigenvalue weighted by Gasteiger charge is 2.15. The van der Waals surface area contributed by atoms with Gasteiger partial charge < -0.3 is 20.5 Å². The van der Waals surface area contributed by atoms with E-state index < -0.39 is 17.8 Å². The number of amides is 2. The number of alkyl carbamates (subject to hydrolysis) is 1. The first-order chi connectivity index (χ1) is 7.20. The van der Waals surface area contributed by atoms with Crippen LogP contribution in [0.3, 0.4) is 0 Å². The highest BCUT2D eigenvalue weighted by molar-refractivity contribution is 5.67. The molecule has 0 saturated heterocycles. The largest absolute Gasteiger partial charge is 0.465 e. The third kappa shape index (κ3) is 9.11. The lowest BCUT2D eigenvalue weighted by Gasteiger charge is -2.20. The normalized spacial score (nSPS) is 12.8. The van der Waals surface area contributed by atoms with E-state index >= 15 is 0 Å². The average molecular weight is 232 g/mol. The molecule has 0 heterocycles. The number of carbonyl (C=O) groups is 2. The Kier molecular flexibility index (Phi) is 5.63. The van der Waals surface area contributed by atoms with Gasteiger partial charge in [0.2, 0.25) is 0 Å². The second-order valence-corrected chi connectivity index (χ2v) is 4.57. The summed E-state index contributed by atoms with van der Waals surface area (Å²) in [4.78, 5) is 21.5. The van der Waals surface area contributed by atoms with Crippen molar-refractivity contribution in [3.05, 3.63) is 0 Å². The van der Waals surface area contributed by atoms with Gasteiger partial charge in [-0.05, 0) is 34.1 Å². The molecule has 0 aliphatic rings. The summed E-state index contributed by atoms with van der Waals surface area (Å²) in [6.45, 7) is 7.44. The summed E-state index contributed by atoms with van der Waals surface area (Å²) in [6.07, 6.45) is -1.04. The van der Waals surface area contributed by atoms with Crippen molar-refractivity contribution in [2.24, 2.45) is 0 Å². The van der Waals surface area contributed by atoms with Crippen LogP contribution >= 0.6 is 0 Å². The summed E-state index contributed by atoms with van der Waals surface area (Å²) in [5.41, 5.74) is -0.519. The number of hydrogen-bond donors (Lipinski definition) is 3. The van der Waals surface area contributed by atoms with Crippen LogP contribution in [0.15, 0.2) is 0 Å². The Labute approximate surface area is 95.4 Å². The Balaban J connectivity index is 3.66. The molecule has 0 aromatic rings. The molecule has 0 aromatic heterocycles. The number of rotatable bonds is 4. The molecule has 0 spiro atoms. The van der Waals surface area contributed by atoms with Crippen molar-refractivity contribution in [1.82, 2.24) is 10.6 Å². The lowest BCUT2D eigenvalue weighted by molar-refractivity contribution is 0.0526. The summed E-state index contributed by atoms with van der Waals surface area (Å²) in [6, 6.07) is -0.201. The van der Waals surface area contributed by atoms with Crippen molar-refractivity contribution in [1.29, 1.82) is 0 Å². The van der Waals surface area contributed by atoms with Gasteiger partial charge in [-0.2, -0.15) is 0 Å². The molecule has 1 unspecified atom stereocenters. The van der Waals surface area contributed by atoms with Gasteiger partial charge in [0.1, 0.15) is 5.60 Å². The van der Waals surface area contributed by atoms with Gasteiger partial charge >= 0.3 is 12.2 Å². The molecule has 3 N–H and O–H groups in total. The van der Waals surface area contributed by atoms with Crippen molar-refractivity contribution >= 4 is 12.2 Å². The lowest BCUT2D eigenvalue weighted by Crippen LogP contribution is -2.37. The van der Waals surface area contributed by atoms with Gasteiger partial charge in [-0.25, -0.2) is 9.59 Å². The van der Waals surface area contributed by atoms with Gasteiger partial charge in [0.15, 0.2) is 0 Å². The highest BCUT2D eigenvalue weighted by atomic mass is 16.6. The van der Waals surface area contributed by atoms with Crippen molar-refractivity contribution < 1.29 is 19.4 Å². The Morgan fingerprint density at radius 2 is 1.94 bits per heavy atom. The lowest BCUT2D eigenvalue weighted by atomic mass is 10.2. The van der Waals surface area contributed by atoms with Gasteiger partial charge in [-0.15, -0.1) is 0 Å². The van der Waals surface area contributed by atoms with E-state index in [9.17, 15) is 9.59 Å². The minimum Gasteiger partial charge on any atom is -0.465 e. The third-order valence-corrected chi connectivity index (χ3v) is 1.62. The Morgan fingerprint density at radius 1 is 1.38 bits per heavy atom. The van der Waals surface area contributed by atoms with Crippen LogP contribution in [0, 0.1) is 0 Å². The molecular weight excluding hydrogens is 212 g/mol. The topological polar surface area (TPSA) is 87.7 Å². The van der Waals surface area contributed by atoms with E-state index in [1.54, 1.807) is 27.7 Å². The Hall–Kier alpha value is -1.46. The van der Waals surface area contributed by atoms with Crippen LogP contribution in [0.25, 0.3) is 0 Å². The molecule has 0 aliphatic heterocycles. The van der Waals surface area contributed by atoms with Crippen molar-refractivity contribution in [2.45, 2.75) is 45.8 Å². The number of hydrogen-bond acceptors (Lipinski definition) is 3. The molecule has 0 aromatic carbocycles. The van der Waals surface area contributed by atoms with Gasteiger partial charge in [0.25, 0.3) is 0 Å². The van der Waals surface area contributed by atoms with Gasteiger partial charge in [0, 0.05) is 12.6 Å². The predicted octanol–water partition coefficient (Wildman–Crippen LogP) is 1.56. The zero-order valence-corrected chi connectivity index (χ0v) is 10.2. The predicted molar refractivity (Wildman–Crippen MR) is 59.5 cm³/mol. The van der Waals surface area contributed by atoms with Crippen molar-refractivity contribution in [3.8, 4) is 0 Å². The third-order valence-electron chi connectivity index (χ3n) is 1.62. The molecule has 94 valence electrons. The second-order valence-electron chi connectivity index (χ2n) is 4.57. The molecule has 0 saturated carbocycles. The zero-order valence-electron chi connectivity index (χ0n) is 10.2. The molecule has 0 fully saturated rings. The number of nitrogens with one attached hydrogen (secondary N) is 2. The fourth-order valence-electron chi connectivity index (χ4n) is 0.988. The highest BCUT2D eigenvalue weighted by Crippen LogP contribution is 2.06. The van der Waals surface area contributed by atoms with E-state index in [4.69, 9.17) is 9.84 Å². The van der Waals surface area contributed by atoms with Crippen LogP contribution < -0.4 is 10.6 Å².